The Morgan fingerprint density at radius 2 is 2.14 bits per heavy atom. The van der Waals surface area contributed by atoms with E-state index < -0.39 is 17.9 Å². The van der Waals surface area contributed by atoms with Gasteiger partial charge in [0.2, 0.25) is 0 Å². The molecular formula is C9H16ClNO3. The number of amides is 1. The molecule has 0 aromatic carbocycles. The molecule has 1 aliphatic rings. The molecule has 0 aliphatic carbocycles. The molecule has 2 unspecified atom stereocenters. The highest BCUT2D eigenvalue weighted by Gasteiger charge is 2.36. The number of carbonyl (C=O) groups is 1. The minimum Gasteiger partial charge on any atom is -0.444 e. The minimum absolute atomic E-state index is 0.387. The molecule has 1 aliphatic heterocycles. The van der Waals surface area contributed by atoms with E-state index in [0.29, 0.717) is 13.0 Å². The third-order valence-electron chi connectivity index (χ3n) is 1.92. The van der Waals surface area contributed by atoms with Crippen LogP contribution in [0.15, 0.2) is 0 Å². The predicted octanol–water partition coefficient (Wildman–Crippen LogP) is 1.55. The summed E-state index contributed by atoms with van der Waals surface area (Å²) in [6, 6.07) is 0. The number of nitrogens with zero attached hydrogens (tertiary/aromatic N) is 1. The maximum atomic E-state index is 11.5. The molecule has 1 amide bonds. The molecule has 0 saturated carbocycles. The maximum absolute atomic E-state index is 11.5. The molecule has 82 valence electrons. The Hall–Kier alpha value is -0.480. The fourth-order valence-corrected chi connectivity index (χ4v) is 1.49. The molecule has 14 heavy (non-hydrogen) atoms. The van der Waals surface area contributed by atoms with E-state index in [9.17, 15) is 9.90 Å². The molecule has 1 saturated heterocycles. The molecule has 0 bridgehead atoms. The first-order valence-corrected chi connectivity index (χ1v) is 5.06. The van der Waals surface area contributed by atoms with Gasteiger partial charge in [-0.2, -0.15) is 0 Å². The third-order valence-corrected chi connectivity index (χ3v) is 2.36. The molecule has 2 atom stereocenters. The number of ether oxygens (including phenoxy) is 1. The SMILES string of the molecule is CC(C)(C)OC(=O)N1CCC(Cl)C1O. The smallest absolute Gasteiger partial charge is 0.412 e. The highest BCUT2D eigenvalue weighted by Crippen LogP contribution is 2.23. The average molecular weight is 222 g/mol. The van der Waals surface area contributed by atoms with Crippen molar-refractivity contribution >= 4 is 17.7 Å². The summed E-state index contributed by atoms with van der Waals surface area (Å²) >= 11 is 5.77. The first-order valence-electron chi connectivity index (χ1n) is 4.63. The lowest BCUT2D eigenvalue weighted by molar-refractivity contribution is -0.0120. The number of rotatable bonds is 0. The number of carbonyl (C=O) groups excluding carboxylic acids is 1. The van der Waals surface area contributed by atoms with Gasteiger partial charge >= 0.3 is 6.09 Å². The van der Waals surface area contributed by atoms with Crippen LogP contribution in [0.1, 0.15) is 27.2 Å². The number of likely N-dealkylation sites (tertiary alicyclic amines) is 1. The van der Waals surface area contributed by atoms with Crippen molar-refractivity contribution in [2.24, 2.45) is 0 Å². The highest BCUT2D eigenvalue weighted by molar-refractivity contribution is 6.21. The number of halogens is 1. The van der Waals surface area contributed by atoms with E-state index in [1.165, 1.54) is 4.90 Å². The fraction of sp³-hybridized carbons (Fsp3) is 0.889. The van der Waals surface area contributed by atoms with Gasteiger partial charge in [-0.05, 0) is 27.2 Å². The molecule has 0 radical (unpaired) electrons. The van der Waals surface area contributed by atoms with Crippen LogP contribution in [-0.4, -0.2) is 39.9 Å². The third kappa shape index (κ3) is 2.75. The lowest BCUT2D eigenvalue weighted by atomic mass is 10.2. The van der Waals surface area contributed by atoms with Gasteiger partial charge in [0.1, 0.15) is 11.8 Å². The van der Waals surface area contributed by atoms with Crippen molar-refractivity contribution in [3.8, 4) is 0 Å². The van der Waals surface area contributed by atoms with Gasteiger partial charge in [0, 0.05) is 6.54 Å². The summed E-state index contributed by atoms with van der Waals surface area (Å²) in [4.78, 5) is 12.8. The Morgan fingerprint density at radius 3 is 2.50 bits per heavy atom. The van der Waals surface area contributed by atoms with Crippen molar-refractivity contribution in [3.05, 3.63) is 0 Å². The monoisotopic (exact) mass is 221 g/mol. The fourth-order valence-electron chi connectivity index (χ4n) is 1.26. The zero-order valence-corrected chi connectivity index (χ0v) is 9.41. The van der Waals surface area contributed by atoms with Gasteiger partial charge in [-0.3, -0.25) is 4.90 Å². The summed E-state index contributed by atoms with van der Waals surface area (Å²) in [7, 11) is 0. The van der Waals surface area contributed by atoms with Crippen LogP contribution < -0.4 is 0 Å². The number of alkyl halides is 1. The largest absolute Gasteiger partial charge is 0.444 e. The summed E-state index contributed by atoms with van der Waals surface area (Å²) in [6.45, 7) is 5.80. The molecule has 0 aromatic heterocycles. The maximum Gasteiger partial charge on any atom is 0.412 e. The second kappa shape index (κ2) is 3.95. The Balaban J connectivity index is 2.54. The van der Waals surface area contributed by atoms with Crippen LogP contribution in [-0.2, 0) is 4.74 Å². The molecule has 5 heteroatoms. The van der Waals surface area contributed by atoms with Gasteiger partial charge in [-0.15, -0.1) is 11.6 Å². The zero-order valence-electron chi connectivity index (χ0n) is 8.66. The van der Waals surface area contributed by atoms with Crippen molar-refractivity contribution in [2.75, 3.05) is 6.54 Å². The van der Waals surface area contributed by atoms with Crippen LogP contribution in [0, 0.1) is 0 Å². The first-order chi connectivity index (χ1) is 6.31. The first kappa shape index (κ1) is 11.6. The van der Waals surface area contributed by atoms with Gasteiger partial charge in [0.25, 0.3) is 0 Å². The van der Waals surface area contributed by atoms with Crippen LogP contribution in [0.3, 0.4) is 0 Å². The molecule has 0 aromatic rings. The molecule has 4 nitrogen and oxygen atoms in total. The van der Waals surface area contributed by atoms with Gasteiger partial charge < -0.3 is 9.84 Å². The van der Waals surface area contributed by atoms with Crippen molar-refractivity contribution < 1.29 is 14.6 Å². The number of hydrogen-bond acceptors (Lipinski definition) is 3. The second-order valence-electron chi connectivity index (χ2n) is 4.39. The van der Waals surface area contributed by atoms with E-state index >= 15 is 0 Å². The Kier molecular flexibility index (Phi) is 3.27. The second-order valence-corrected chi connectivity index (χ2v) is 4.95. The summed E-state index contributed by atoms with van der Waals surface area (Å²) in [6.07, 6.45) is -0.832. The van der Waals surface area contributed by atoms with Crippen LogP contribution in [0.2, 0.25) is 0 Å². The van der Waals surface area contributed by atoms with E-state index in [4.69, 9.17) is 16.3 Å². The van der Waals surface area contributed by atoms with Crippen molar-refractivity contribution in [1.29, 1.82) is 0 Å². The molecule has 1 N–H and O–H groups in total. The van der Waals surface area contributed by atoms with Crippen LogP contribution in [0.25, 0.3) is 0 Å². The van der Waals surface area contributed by atoms with Gasteiger partial charge in [0.15, 0.2) is 0 Å². The molecular weight excluding hydrogens is 206 g/mol. The van der Waals surface area contributed by atoms with Crippen LogP contribution in [0.4, 0.5) is 4.79 Å². The van der Waals surface area contributed by atoms with Crippen LogP contribution in [0.5, 0.6) is 0 Å². The Morgan fingerprint density at radius 1 is 1.57 bits per heavy atom. The van der Waals surface area contributed by atoms with E-state index in [1.807, 2.05) is 0 Å². The number of aliphatic hydroxyl groups is 1. The minimum atomic E-state index is -0.925. The Labute approximate surface area is 88.8 Å². The van der Waals surface area contributed by atoms with E-state index in [0.717, 1.165) is 0 Å². The van der Waals surface area contributed by atoms with Crippen molar-refractivity contribution in [3.63, 3.8) is 0 Å². The summed E-state index contributed by atoms with van der Waals surface area (Å²) in [5.74, 6) is 0. The van der Waals surface area contributed by atoms with Crippen molar-refractivity contribution in [1.82, 2.24) is 4.90 Å². The average Bonchev–Trinajstić information content (AvgIpc) is 2.29. The van der Waals surface area contributed by atoms with E-state index in [1.54, 1.807) is 20.8 Å². The Bertz CT molecular complexity index is 227. The standard InChI is InChI=1S/C9H16ClNO3/c1-9(2,3)14-8(13)11-5-4-6(10)7(11)12/h6-7,12H,4-5H2,1-3H3. The lowest BCUT2D eigenvalue weighted by Crippen LogP contribution is -2.41. The lowest BCUT2D eigenvalue weighted by Gasteiger charge is -2.26. The van der Waals surface area contributed by atoms with Gasteiger partial charge in [0.05, 0.1) is 5.38 Å². The van der Waals surface area contributed by atoms with Gasteiger partial charge in [-0.25, -0.2) is 4.79 Å². The number of aliphatic hydroxyl groups excluding tert-OH is 1. The molecule has 0 spiro atoms. The quantitative estimate of drug-likeness (QED) is 0.632. The number of hydrogen-bond donors (Lipinski definition) is 1. The zero-order chi connectivity index (χ0) is 10.9. The normalized spacial score (nSPS) is 27.9. The molecule has 1 rings (SSSR count). The highest BCUT2D eigenvalue weighted by atomic mass is 35.5. The predicted molar refractivity (Wildman–Crippen MR) is 53.2 cm³/mol. The summed E-state index contributed by atoms with van der Waals surface area (Å²) in [5, 5.41) is 9.13. The van der Waals surface area contributed by atoms with Gasteiger partial charge in [-0.1, -0.05) is 0 Å². The van der Waals surface area contributed by atoms with E-state index in [-0.39, 0.29) is 5.38 Å². The topological polar surface area (TPSA) is 49.8 Å². The molecule has 1 fully saturated rings. The van der Waals surface area contributed by atoms with Crippen molar-refractivity contribution in [2.45, 2.75) is 44.4 Å². The molecule has 1 heterocycles. The van der Waals surface area contributed by atoms with Crippen LogP contribution >= 0.6 is 11.6 Å². The summed E-state index contributed by atoms with van der Waals surface area (Å²) < 4.78 is 5.11. The van der Waals surface area contributed by atoms with E-state index in [2.05, 4.69) is 0 Å². The summed E-state index contributed by atoms with van der Waals surface area (Å²) in [5.41, 5.74) is -0.540.